The molecule has 0 spiro atoms. The fourth-order valence-electron chi connectivity index (χ4n) is 2.16. The molecule has 2 heterocycles. The van der Waals surface area contributed by atoms with Gasteiger partial charge in [-0.2, -0.15) is 9.13 Å². The van der Waals surface area contributed by atoms with E-state index in [1.54, 1.807) is 0 Å². The Morgan fingerprint density at radius 3 is 1.46 bits per heavy atom. The van der Waals surface area contributed by atoms with Crippen molar-refractivity contribution in [1.82, 2.24) is 0 Å². The van der Waals surface area contributed by atoms with Crippen LogP contribution in [0, 0.1) is 0 Å². The van der Waals surface area contributed by atoms with Crippen LogP contribution in [0.3, 0.4) is 0 Å². The molecular weight excluding hydrogens is 336 g/mol. The summed E-state index contributed by atoms with van der Waals surface area (Å²) in [5.41, 5.74) is 1.66. The molecule has 26 heavy (non-hydrogen) atoms. The predicted molar refractivity (Wildman–Crippen MR) is 93.2 cm³/mol. The minimum absolute atomic E-state index is 0.483. The number of oxime groups is 2. The molecule has 0 aliphatic carbocycles. The molecule has 0 saturated carbocycles. The van der Waals surface area contributed by atoms with E-state index in [0.29, 0.717) is 26.7 Å². The number of ether oxygens (including phenoxy) is 2. The van der Waals surface area contributed by atoms with Crippen LogP contribution in [-0.4, -0.2) is 36.1 Å². The molecule has 2 aromatic rings. The molecule has 138 valence electrons. The van der Waals surface area contributed by atoms with Gasteiger partial charge in [-0.3, -0.25) is 0 Å². The van der Waals surface area contributed by atoms with Crippen molar-refractivity contribution >= 4 is 12.4 Å². The summed E-state index contributed by atoms with van der Waals surface area (Å²) >= 11 is 0. The first-order chi connectivity index (χ1) is 12.8. The molecule has 0 radical (unpaired) electrons. The summed E-state index contributed by atoms with van der Waals surface area (Å²) in [5, 5.41) is 22.9. The first-order valence-corrected chi connectivity index (χ1v) is 8.30. The van der Waals surface area contributed by atoms with Crippen molar-refractivity contribution in [3.8, 4) is 0 Å². The molecule has 0 fully saturated rings. The van der Waals surface area contributed by atoms with E-state index in [1.807, 2.05) is 58.2 Å². The average Bonchev–Trinajstić information content (AvgIpc) is 2.67. The molecule has 8 nitrogen and oxygen atoms in total. The number of nitrogens with zero attached hydrogens (tertiary/aromatic N) is 4. The minimum Gasteiger partial charge on any atom is -0.411 e. The van der Waals surface area contributed by atoms with E-state index < -0.39 is 0 Å². The van der Waals surface area contributed by atoms with Crippen molar-refractivity contribution in [3.05, 3.63) is 60.2 Å². The first-order valence-electron chi connectivity index (χ1n) is 8.30. The van der Waals surface area contributed by atoms with Gasteiger partial charge in [-0.1, -0.05) is 10.3 Å². The van der Waals surface area contributed by atoms with Crippen molar-refractivity contribution in [2.24, 2.45) is 10.3 Å². The van der Waals surface area contributed by atoms with Crippen LogP contribution < -0.4 is 9.13 Å². The number of aromatic nitrogens is 2. The van der Waals surface area contributed by atoms with Gasteiger partial charge in [0.2, 0.25) is 0 Å². The highest BCUT2D eigenvalue weighted by atomic mass is 16.5. The number of rotatable bonds is 11. The Hall–Kier alpha value is -2.84. The Labute approximate surface area is 152 Å². The molecule has 8 heteroatoms. The topological polar surface area (TPSA) is 91.4 Å². The lowest BCUT2D eigenvalue weighted by molar-refractivity contribution is -0.733. The summed E-state index contributed by atoms with van der Waals surface area (Å²) in [4.78, 5) is 0. The van der Waals surface area contributed by atoms with Gasteiger partial charge in [0.15, 0.2) is 24.8 Å². The van der Waals surface area contributed by atoms with Gasteiger partial charge < -0.3 is 19.9 Å². The third kappa shape index (κ3) is 7.37. The lowest BCUT2D eigenvalue weighted by Gasteiger charge is -2.02. The summed E-state index contributed by atoms with van der Waals surface area (Å²) in [6.07, 6.45) is 12.1. The minimum atomic E-state index is 0.483. The largest absolute Gasteiger partial charge is 0.411 e. The van der Waals surface area contributed by atoms with E-state index in [1.165, 1.54) is 12.4 Å². The molecular formula is C18H24N4O4+2. The van der Waals surface area contributed by atoms with Crippen molar-refractivity contribution in [1.29, 1.82) is 0 Å². The summed E-state index contributed by atoms with van der Waals surface area (Å²) < 4.78 is 15.0. The van der Waals surface area contributed by atoms with E-state index >= 15 is 0 Å². The van der Waals surface area contributed by atoms with Gasteiger partial charge in [0.25, 0.3) is 13.5 Å². The number of hydrogen-bond acceptors (Lipinski definition) is 6. The summed E-state index contributed by atoms with van der Waals surface area (Å²) in [6, 6.07) is 7.38. The third-order valence-electron chi connectivity index (χ3n) is 3.56. The Bertz CT molecular complexity index is 626. The van der Waals surface area contributed by atoms with Gasteiger partial charge in [0.05, 0.1) is 25.6 Å². The summed E-state index contributed by atoms with van der Waals surface area (Å²) in [5.74, 6) is 0. The average molecular weight is 360 g/mol. The number of hydrogen-bond donors (Lipinski definition) is 2. The highest BCUT2D eigenvalue weighted by Crippen LogP contribution is 1.94. The SMILES string of the molecule is O/N=C/c1cc[n+](COCCCCOC[n+]2ccc(/C=N/O)cc2)cc1. The Morgan fingerprint density at radius 2 is 1.12 bits per heavy atom. The molecule has 2 N–H and O–H groups in total. The molecule has 0 amide bonds. The van der Waals surface area contributed by atoms with Gasteiger partial charge in [-0.05, 0) is 12.8 Å². The van der Waals surface area contributed by atoms with Crippen LogP contribution in [0.4, 0.5) is 0 Å². The standard InChI is InChI=1S/C18H22N4O4/c23-19-13-17-3-7-21(8-4-17)15-25-11-1-2-12-26-16-22-9-5-18(6-10-22)14-20-24/h3-10,13-14H,1-2,11-12,15-16H2/p+2. The van der Waals surface area contributed by atoms with Crippen LogP contribution >= 0.6 is 0 Å². The monoisotopic (exact) mass is 360 g/mol. The quantitative estimate of drug-likeness (QED) is 0.208. The van der Waals surface area contributed by atoms with Gasteiger partial charge >= 0.3 is 0 Å². The Balaban J connectivity index is 1.51. The second kappa shape index (κ2) is 11.7. The van der Waals surface area contributed by atoms with Crippen LogP contribution in [0.5, 0.6) is 0 Å². The molecule has 0 bridgehead atoms. The predicted octanol–water partition coefficient (Wildman–Crippen LogP) is 1.31. The van der Waals surface area contributed by atoms with Crippen molar-refractivity contribution in [2.45, 2.75) is 26.3 Å². The molecule has 0 unspecified atom stereocenters. The molecule has 0 saturated heterocycles. The zero-order valence-electron chi connectivity index (χ0n) is 14.5. The van der Waals surface area contributed by atoms with Crippen molar-refractivity contribution < 1.29 is 29.0 Å². The zero-order chi connectivity index (χ0) is 18.5. The summed E-state index contributed by atoms with van der Waals surface area (Å²) in [7, 11) is 0. The van der Waals surface area contributed by atoms with Gasteiger partial charge in [0, 0.05) is 35.4 Å². The lowest BCUT2D eigenvalue weighted by Crippen LogP contribution is -2.34. The van der Waals surface area contributed by atoms with E-state index in [9.17, 15) is 0 Å². The fraction of sp³-hybridized carbons (Fsp3) is 0.333. The van der Waals surface area contributed by atoms with Crippen LogP contribution in [-0.2, 0) is 22.9 Å². The smallest absolute Gasteiger partial charge is 0.252 e. The van der Waals surface area contributed by atoms with E-state index in [0.717, 1.165) is 24.0 Å². The first kappa shape index (κ1) is 19.5. The molecule has 0 aliphatic heterocycles. The maximum Gasteiger partial charge on any atom is 0.252 e. The van der Waals surface area contributed by atoms with Crippen LogP contribution in [0.2, 0.25) is 0 Å². The van der Waals surface area contributed by atoms with Crippen LogP contribution in [0.1, 0.15) is 24.0 Å². The zero-order valence-corrected chi connectivity index (χ0v) is 14.5. The second-order valence-electron chi connectivity index (χ2n) is 5.56. The third-order valence-corrected chi connectivity index (χ3v) is 3.56. The number of unbranched alkanes of at least 4 members (excludes halogenated alkanes) is 1. The summed E-state index contributed by atoms with van der Waals surface area (Å²) in [6.45, 7) is 2.30. The highest BCUT2D eigenvalue weighted by Gasteiger charge is 2.02. The van der Waals surface area contributed by atoms with Crippen molar-refractivity contribution in [2.75, 3.05) is 13.2 Å². The number of pyridine rings is 2. The normalized spacial score (nSPS) is 11.5. The van der Waals surface area contributed by atoms with Gasteiger partial charge in [-0.25, -0.2) is 0 Å². The van der Waals surface area contributed by atoms with E-state index in [-0.39, 0.29) is 0 Å². The lowest BCUT2D eigenvalue weighted by atomic mass is 10.3. The van der Waals surface area contributed by atoms with E-state index in [4.69, 9.17) is 19.9 Å². The van der Waals surface area contributed by atoms with E-state index in [2.05, 4.69) is 10.3 Å². The Kier molecular flexibility index (Phi) is 8.74. The highest BCUT2D eigenvalue weighted by molar-refractivity contribution is 5.78. The van der Waals surface area contributed by atoms with Crippen LogP contribution in [0.25, 0.3) is 0 Å². The second-order valence-corrected chi connectivity index (χ2v) is 5.56. The maximum atomic E-state index is 8.46. The van der Waals surface area contributed by atoms with Gasteiger partial charge in [0.1, 0.15) is 0 Å². The van der Waals surface area contributed by atoms with Gasteiger partial charge in [-0.15, -0.1) is 0 Å². The molecule has 0 aromatic carbocycles. The molecule has 2 rings (SSSR count). The fourth-order valence-corrected chi connectivity index (χ4v) is 2.16. The molecule has 2 aromatic heterocycles. The van der Waals surface area contributed by atoms with Crippen LogP contribution in [0.15, 0.2) is 59.4 Å². The molecule has 0 aliphatic rings. The molecule has 0 atom stereocenters. The Morgan fingerprint density at radius 1 is 0.731 bits per heavy atom. The van der Waals surface area contributed by atoms with Crippen molar-refractivity contribution in [3.63, 3.8) is 0 Å². The maximum absolute atomic E-state index is 8.46.